The lowest BCUT2D eigenvalue weighted by molar-refractivity contribution is -0.146. The number of hydrogen-bond donors (Lipinski definition) is 1. The highest BCUT2D eigenvalue weighted by molar-refractivity contribution is 5.39. The molecule has 1 aliphatic rings. The van der Waals surface area contributed by atoms with Crippen LogP contribution in [-0.4, -0.2) is 43.9 Å². The molecule has 1 atom stereocenters. The van der Waals surface area contributed by atoms with Gasteiger partial charge in [-0.05, 0) is 6.07 Å². The van der Waals surface area contributed by atoms with Gasteiger partial charge in [-0.25, -0.2) is 0 Å². The van der Waals surface area contributed by atoms with Crippen molar-refractivity contribution in [3.63, 3.8) is 0 Å². The van der Waals surface area contributed by atoms with Crippen LogP contribution in [0, 0.1) is 0 Å². The molecule has 1 aliphatic heterocycles. The zero-order valence-electron chi connectivity index (χ0n) is 10.5. The molecule has 2 rings (SSSR count). The molecule has 0 bridgehead atoms. The molecule has 6 heteroatoms. The summed E-state index contributed by atoms with van der Waals surface area (Å²) in [6, 6.07) is 7.47. The van der Waals surface area contributed by atoms with E-state index in [1.165, 1.54) is 4.90 Å². The largest absolute Gasteiger partial charge is 0.493 e. The molecule has 0 radical (unpaired) electrons. The fourth-order valence-electron chi connectivity index (χ4n) is 2.36. The molecule has 0 spiro atoms. The highest BCUT2D eigenvalue weighted by atomic mass is 19.4. The number of benzene rings is 1. The predicted molar refractivity (Wildman–Crippen MR) is 66.2 cm³/mol. The van der Waals surface area contributed by atoms with Gasteiger partial charge in [0.1, 0.15) is 5.75 Å². The predicted octanol–water partition coefficient (Wildman–Crippen LogP) is 1.99. The SMILES string of the molecule is NCCN(CC1COc2ccccc21)CC(F)(F)F. The van der Waals surface area contributed by atoms with Crippen LogP contribution in [0.1, 0.15) is 11.5 Å². The first-order valence-corrected chi connectivity index (χ1v) is 6.20. The fraction of sp³-hybridized carbons (Fsp3) is 0.538. The lowest BCUT2D eigenvalue weighted by Crippen LogP contribution is -2.40. The van der Waals surface area contributed by atoms with Crippen molar-refractivity contribution in [2.75, 3.05) is 32.8 Å². The lowest BCUT2D eigenvalue weighted by atomic mass is 10.0. The quantitative estimate of drug-likeness (QED) is 0.892. The average Bonchev–Trinajstić information content (AvgIpc) is 2.71. The zero-order valence-corrected chi connectivity index (χ0v) is 10.5. The smallest absolute Gasteiger partial charge is 0.401 e. The molecule has 19 heavy (non-hydrogen) atoms. The second-order valence-electron chi connectivity index (χ2n) is 4.68. The fourth-order valence-corrected chi connectivity index (χ4v) is 2.36. The lowest BCUT2D eigenvalue weighted by Gasteiger charge is -2.25. The first-order valence-electron chi connectivity index (χ1n) is 6.20. The van der Waals surface area contributed by atoms with Crippen molar-refractivity contribution in [3.8, 4) is 5.75 Å². The molecule has 3 nitrogen and oxygen atoms in total. The molecule has 1 unspecified atom stereocenters. The van der Waals surface area contributed by atoms with Crippen LogP contribution < -0.4 is 10.5 Å². The Morgan fingerprint density at radius 2 is 2.05 bits per heavy atom. The minimum Gasteiger partial charge on any atom is -0.493 e. The summed E-state index contributed by atoms with van der Waals surface area (Å²) in [5.41, 5.74) is 6.36. The standard InChI is InChI=1S/C13H17F3N2O/c14-13(15,16)9-18(6-5-17)7-10-8-19-12-4-2-1-3-11(10)12/h1-4,10H,5-9,17H2. The molecule has 0 aliphatic carbocycles. The van der Waals surface area contributed by atoms with Gasteiger partial charge >= 0.3 is 6.18 Å². The van der Waals surface area contributed by atoms with Crippen molar-refractivity contribution in [1.29, 1.82) is 0 Å². The summed E-state index contributed by atoms with van der Waals surface area (Å²) in [6.07, 6.45) is -4.20. The van der Waals surface area contributed by atoms with E-state index in [-0.39, 0.29) is 19.0 Å². The van der Waals surface area contributed by atoms with Gasteiger partial charge in [0.2, 0.25) is 0 Å². The summed E-state index contributed by atoms with van der Waals surface area (Å²) < 4.78 is 42.9. The summed E-state index contributed by atoms with van der Waals surface area (Å²) >= 11 is 0. The Hall–Kier alpha value is -1.27. The second kappa shape index (κ2) is 5.79. The summed E-state index contributed by atoms with van der Waals surface area (Å²) in [6.45, 7) is 0.262. The number of halogens is 3. The minimum atomic E-state index is -4.20. The van der Waals surface area contributed by atoms with Crippen molar-refractivity contribution >= 4 is 0 Å². The van der Waals surface area contributed by atoms with Gasteiger partial charge in [0.05, 0.1) is 13.2 Å². The molecule has 1 aromatic carbocycles. The van der Waals surface area contributed by atoms with Gasteiger partial charge in [-0.1, -0.05) is 18.2 Å². The molecule has 106 valence electrons. The van der Waals surface area contributed by atoms with E-state index in [1.54, 1.807) is 0 Å². The number of ether oxygens (including phenoxy) is 1. The van der Waals surface area contributed by atoms with Gasteiger partial charge in [-0.2, -0.15) is 13.2 Å². The van der Waals surface area contributed by atoms with Gasteiger partial charge in [0.25, 0.3) is 0 Å². The van der Waals surface area contributed by atoms with E-state index < -0.39 is 12.7 Å². The highest BCUT2D eigenvalue weighted by Gasteiger charge is 2.33. The van der Waals surface area contributed by atoms with Crippen molar-refractivity contribution in [1.82, 2.24) is 4.90 Å². The molecular formula is C13H17F3N2O. The third-order valence-corrected chi connectivity index (χ3v) is 3.13. The zero-order chi connectivity index (χ0) is 13.9. The Balaban J connectivity index is 2.02. The number of nitrogens with two attached hydrogens (primary N) is 1. The monoisotopic (exact) mass is 274 g/mol. The maximum Gasteiger partial charge on any atom is 0.401 e. The summed E-state index contributed by atoms with van der Waals surface area (Å²) in [4.78, 5) is 1.34. The van der Waals surface area contributed by atoms with Crippen LogP contribution in [0.15, 0.2) is 24.3 Å². The van der Waals surface area contributed by atoms with Crippen LogP contribution in [-0.2, 0) is 0 Å². The third-order valence-electron chi connectivity index (χ3n) is 3.13. The van der Waals surface area contributed by atoms with Crippen LogP contribution in [0.3, 0.4) is 0 Å². The minimum absolute atomic E-state index is 0.0231. The second-order valence-corrected chi connectivity index (χ2v) is 4.68. The Morgan fingerprint density at radius 1 is 1.32 bits per heavy atom. The molecule has 0 fully saturated rings. The van der Waals surface area contributed by atoms with Gasteiger partial charge in [0, 0.05) is 31.1 Å². The summed E-state index contributed by atoms with van der Waals surface area (Å²) in [7, 11) is 0. The van der Waals surface area contributed by atoms with Gasteiger partial charge in [0.15, 0.2) is 0 Å². The highest BCUT2D eigenvalue weighted by Crippen LogP contribution is 2.34. The van der Waals surface area contributed by atoms with Gasteiger partial charge < -0.3 is 10.5 Å². The Morgan fingerprint density at radius 3 is 2.74 bits per heavy atom. The van der Waals surface area contributed by atoms with E-state index in [0.717, 1.165) is 11.3 Å². The molecule has 2 N–H and O–H groups in total. The summed E-state index contributed by atoms with van der Waals surface area (Å²) in [5, 5.41) is 0. The Bertz CT molecular complexity index is 423. The van der Waals surface area contributed by atoms with Crippen molar-refractivity contribution < 1.29 is 17.9 Å². The van der Waals surface area contributed by atoms with Crippen LogP contribution in [0.2, 0.25) is 0 Å². The van der Waals surface area contributed by atoms with Crippen LogP contribution in [0.25, 0.3) is 0 Å². The first-order chi connectivity index (χ1) is 8.99. The van der Waals surface area contributed by atoms with Gasteiger partial charge in [-0.3, -0.25) is 4.90 Å². The van der Waals surface area contributed by atoms with E-state index >= 15 is 0 Å². The van der Waals surface area contributed by atoms with E-state index in [1.807, 2.05) is 24.3 Å². The molecular weight excluding hydrogens is 257 g/mol. The van der Waals surface area contributed by atoms with Crippen molar-refractivity contribution in [3.05, 3.63) is 29.8 Å². The Kier molecular flexibility index (Phi) is 4.31. The van der Waals surface area contributed by atoms with Crippen LogP contribution in [0.4, 0.5) is 13.2 Å². The van der Waals surface area contributed by atoms with E-state index in [4.69, 9.17) is 10.5 Å². The Labute approximate surface area is 110 Å². The molecule has 1 heterocycles. The van der Waals surface area contributed by atoms with E-state index in [2.05, 4.69) is 0 Å². The molecule has 0 amide bonds. The number of hydrogen-bond acceptors (Lipinski definition) is 3. The molecule has 0 aromatic heterocycles. The normalized spacial score (nSPS) is 18.5. The number of rotatable bonds is 5. The molecule has 1 aromatic rings. The third kappa shape index (κ3) is 3.84. The summed E-state index contributed by atoms with van der Waals surface area (Å²) in [5.74, 6) is 0.748. The maximum absolute atomic E-state index is 12.5. The van der Waals surface area contributed by atoms with Crippen molar-refractivity contribution in [2.45, 2.75) is 12.1 Å². The number of nitrogens with zero attached hydrogens (tertiary/aromatic N) is 1. The number of fused-ring (bicyclic) bond motifs is 1. The average molecular weight is 274 g/mol. The molecule has 0 saturated carbocycles. The molecule has 0 saturated heterocycles. The van der Waals surface area contributed by atoms with E-state index in [9.17, 15) is 13.2 Å². The number of para-hydroxylation sites is 1. The van der Waals surface area contributed by atoms with Crippen LogP contribution >= 0.6 is 0 Å². The first kappa shape index (κ1) is 14.1. The van der Waals surface area contributed by atoms with Gasteiger partial charge in [-0.15, -0.1) is 0 Å². The van der Waals surface area contributed by atoms with E-state index in [0.29, 0.717) is 13.2 Å². The number of alkyl halides is 3. The topological polar surface area (TPSA) is 38.5 Å². The maximum atomic E-state index is 12.5. The van der Waals surface area contributed by atoms with Crippen molar-refractivity contribution in [2.24, 2.45) is 5.73 Å². The van der Waals surface area contributed by atoms with Crippen LogP contribution in [0.5, 0.6) is 5.75 Å².